The predicted molar refractivity (Wildman–Crippen MR) is 73.0 cm³/mol. The van der Waals surface area contributed by atoms with Gasteiger partial charge in [-0.15, -0.1) is 5.73 Å². The summed E-state index contributed by atoms with van der Waals surface area (Å²) >= 11 is 0. The second kappa shape index (κ2) is 5.56. The molecule has 0 aliphatic heterocycles. The Kier molecular flexibility index (Phi) is 3.85. The molecule has 0 N–H and O–H groups in total. The number of rotatable bonds is 5. The van der Waals surface area contributed by atoms with Gasteiger partial charge < -0.3 is 4.42 Å². The molecule has 1 aromatic heterocycles. The summed E-state index contributed by atoms with van der Waals surface area (Å²) in [5.74, 6) is 1.07. The minimum absolute atomic E-state index is 0.959. The van der Waals surface area contributed by atoms with E-state index in [9.17, 15) is 0 Å². The van der Waals surface area contributed by atoms with Crippen molar-refractivity contribution in [1.82, 2.24) is 0 Å². The first-order chi connectivity index (χ1) is 8.36. The van der Waals surface area contributed by atoms with Crippen LogP contribution in [0.5, 0.6) is 0 Å². The molecule has 0 radical (unpaired) electrons. The fourth-order valence-corrected chi connectivity index (χ4v) is 2.10. The first kappa shape index (κ1) is 11.8. The fraction of sp³-hybridized carbons (Fsp3) is 0.312. The van der Waals surface area contributed by atoms with Crippen molar-refractivity contribution in [2.75, 3.05) is 0 Å². The quantitative estimate of drug-likeness (QED) is 0.518. The van der Waals surface area contributed by atoms with E-state index in [0.29, 0.717) is 0 Å². The smallest absolute Gasteiger partial charge is 0.134 e. The average molecular weight is 226 g/mol. The van der Waals surface area contributed by atoms with E-state index in [4.69, 9.17) is 4.42 Å². The molecule has 0 bridgehead atoms. The lowest BCUT2D eigenvalue weighted by Gasteiger charge is -1.97. The minimum Gasteiger partial charge on any atom is -0.460 e. The molecule has 2 rings (SSSR count). The van der Waals surface area contributed by atoms with Gasteiger partial charge in [0.1, 0.15) is 11.3 Å². The zero-order valence-corrected chi connectivity index (χ0v) is 10.3. The summed E-state index contributed by atoms with van der Waals surface area (Å²) in [6.07, 6.45) is 6.57. The summed E-state index contributed by atoms with van der Waals surface area (Å²) in [5.41, 5.74) is 4.96. The van der Waals surface area contributed by atoms with Gasteiger partial charge in [0.25, 0.3) is 0 Å². The van der Waals surface area contributed by atoms with Crippen LogP contribution in [0.1, 0.15) is 37.5 Å². The van der Waals surface area contributed by atoms with E-state index in [2.05, 4.69) is 25.3 Å². The maximum atomic E-state index is 5.90. The van der Waals surface area contributed by atoms with E-state index < -0.39 is 0 Å². The van der Waals surface area contributed by atoms with E-state index >= 15 is 0 Å². The molecule has 0 saturated carbocycles. The first-order valence-electron chi connectivity index (χ1n) is 6.23. The highest BCUT2D eigenvalue weighted by molar-refractivity contribution is 5.88. The Morgan fingerprint density at radius 3 is 2.88 bits per heavy atom. The monoisotopic (exact) mass is 226 g/mol. The van der Waals surface area contributed by atoms with Gasteiger partial charge in [-0.2, -0.15) is 0 Å². The van der Waals surface area contributed by atoms with Gasteiger partial charge in [0.2, 0.25) is 0 Å². The van der Waals surface area contributed by atoms with E-state index in [0.717, 1.165) is 28.7 Å². The van der Waals surface area contributed by atoms with Gasteiger partial charge in [0.15, 0.2) is 0 Å². The zero-order chi connectivity index (χ0) is 12.1. The van der Waals surface area contributed by atoms with Gasteiger partial charge in [-0.05, 0) is 18.6 Å². The van der Waals surface area contributed by atoms with Crippen LogP contribution < -0.4 is 0 Å². The van der Waals surface area contributed by atoms with Crippen LogP contribution in [0.2, 0.25) is 0 Å². The Bertz CT molecular complexity index is 542. The van der Waals surface area contributed by atoms with Crippen molar-refractivity contribution in [1.29, 1.82) is 0 Å². The maximum absolute atomic E-state index is 5.90. The lowest BCUT2D eigenvalue weighted by molar-refractivity contribution is 0.530. The number of unbranched alkanes of at least 4 members (excludes halogenated alkanes) is 2. The van der Waals surface area contributed by atoms with Crippen LogP contribution in [-0.4, -0.2) is 0 Å². The Hall–Kier alpha value is -1.72. The molecule has 0 fully saturated rings. The Balaban J connectivity index is 2.39. The van der Waals surface area contributed by atoms with Crippen molar-refractivity contribution in [2.45, 2.75) is 32.6 Å². The number of aryl methyl sites for hydroxylation is 1. The van der Waals surface area contributed by atoms with E-state index in [1.54, 1.807) is 0 Å². The summed E-state index contributed by atoms with van der Waals surface area (Å²) < 4.78 is 5.90. The maximum Gasteiger partial charge on any atom is 0.134 e. The molecule has 0 atom stereocenters. The molecule has 1 heteroatoms. The third kappa shape index (κ3) is 2.51. The molecule has 17 heavy (non-hydrogen) atoms. The highest BCUT2D eigenvalue weighted by Gasteiger charge is 2.10. The molecule has 0 saturated heterocycles. The number of benzene rings is 1. The van der Waals surface area contributed by atoms with Crippen molar-refractivity contribution in [3.63, 3.8) is 0 Å². The molecule has 0 aliphatic carbocycles. The number of hydrogen-bond donors (Lipinski definition) is 0. The SMILES string of the molecule is C=C=Cc1c(CCCCC)oc2ccccc12. The van der Waals surface area contributed by atoms with Crippen molar-refractivity contribution < 1.29 is 4.42 Å². The van der Waals surface area contributed by atoms with Crippen LogP contribution in [0.25, 0.3) is 17.0 Å². The van der Waals surface area contributed by atoms with Gasteiger partial charge in [-0.3, -0.25) is 0 Å². The molecule has 0 amide bonds. The third-order valence-corrected chi connectivity index (χ3v) is 2.96. The third-order valence-electron chi connectivity index (χ3n) is 2.96. The standard InChI is InChI=1S/C16H18O/c1-3-5-6-11-15-13(9-4-2)14-10-7-8-12-16(14)17-15/h7-10,12H,2-3,5-6,11H2,1H3. The van der Waals surface area contributed by atoms with Crippen LogP contribution >= 0.6 is 0 Å². The summed E-state index contributed by atoms with van der Waals surface area (Å²) in [6, 6.07) is 8.14. The largest absolute Gasteiger partial charge is 0.460 e. The lowest BCUT2D eigenvalue weighted by Crippen LogP contribution is -1.85. The topological polar surface area (TPSA) is 13.1 Å². The highest BCUT2D eigenvalue weighted by atomic mass is 16.3. The van der Waals surface area contributed by atoms with Crippen LogP contribution in [-0.2, 0) is 6.42 Å². The van der Waals surface area contributed by atoms with Gasteiger partial charge in [-0.25, -0.2) is 0 Å². The van der Waals surface area contributed by atoms with Crippen LogP contribution in [0.3, 0.4) is 0 Å². The number of furan rings is 1. The second-order valence-corrected chi connectivity index (χ2v) is 4.24. The van der Waals surface area contributed by atoms with Crippen LogP contribution in [0, 0.1) is 0 Å². The van der Waals surface area contributed by atoms with Crippen molar-refractivity contribution >= 4 is 17.0 Å². The molecule has 0 spiro atoms. The zero-order valence-electron chi connectivity index (χ0n) is 10.3. The van der Waals surface area contributed by atoms with E-state index in [1.807, 2.05) is 24.3 Å². The Labute approximate surface area is 102 Å². The van der Waals surface area contributed by atoms with Gasteiger partial charge in [0.05, 0.1) is 0 Å². The second-order valence-electron chi connectivity index (χ2n) is 4.24. The van der Waals surface area contributed by atoms with Gasteiger partial charge in [0, 0.05) is 17.4 Å². The molecule has 0 unspecified atom stereocenters. The number of para-hydroxylation sites is 1. The van der Waals surface area contributed by atoms with Crippen molar-refractivity contribution in [3.8, 4) is 0 Å². The lowest BCUT2D eigenvalue weighted by atomic mass is 10.1. The van der Waals surface area contributed by atoms with Crippen LogP contribution in [0.15, 0.2) is 41.0 Å². The molecule has 1 aromatic carbocycles. The molecule has 1 nitrogen and oxygen atoms in total. The van der Waals surface area contributed by atoms with Crippen LogP contribution in [0.4, 0.5) is 0 Å². The fourth-order valence-electron chi connectivity index (χ4n) is 2.10. The summed E-state index contributed by atoms with van der Waals surface area (Å²) in [6.45, 7) is 5.87. The summed E-state index contributed by atoms with van der Waals surface area (Å²) in [7, 11) is 0. The van der Waals surface area contributed by atoms with Gasteiger partial charge in [-0.1, -0.05) is 44.5 Å². The number of hydrogen-bond acceptors (Lipinski definition) is 1. The summed E-state index contributed by atoms with van der Waals surface area (Å²) in [4.78, 5) is 0. The molecule has 88 valence electrons. The first-order valence-corrected chi connectivity index (χ1v) is 6.23. The van der Waals surface area contributed by atoms with E-state index in [1.165, 1.54) is 19.3 Å². The van der Waals surface area contributed by atoms with Gasteiger partial charge >= 0.3 is 0 Å². The minimum atomic E-state index is 0.959. The molecular weight excluding hydrogens is 208 g/mol. The normalized spacial score (nSPS) is 10.4. The molecule has 2 aromatic rings. The van der Waals surface area contributed by atoms with Crippen molar-refractivity contribution in [2.24, 2.45) is 0 Å². The molecule has 0 aliphatic rings. The average Bonchev–Trinajstić information content (AvgIpc) is 2.69. The summed E-state index contributed by atoms with van der Waals surface area (Å²) in [5, 5.41) is 1.16. The Morgan fingerprint density at radius 2 is 2.12 bits per heavy atom. The van der Waals surface area contributed by atoms with E-state index in [-0.39, 0.29) is 0 Å². The Morgan fingerprint density at radius 1 is 1.29 bits per heavy atom. The predicted octanol–water partition coefficient (Wildman–Crippen LogP) is 4.96. The number of fused-ring (bicyclic) bond motifs is 1. The van der Waals surface area contributed by atoms with Crippen molar-refractivity contribution in [3.05, 3.63) is 47.9 Å². The molecular formula is C16H18O. The highest BCUT2D eigenvalue weighted by Crippen LogP contribution is 2.28. The molecule has 1 heterocycles.